The summed E-state index contributed by atoms with van der Waals surface area (Å²) in [5, 5.41) is 0.612. The van der Waals surface area contributed by atoms with E-state index < -0.39 is 11.0 Å². The van der Waals surface area contributed by atoms with Gasteiger partial charge in [0, 0.05) is 10.4 Å². The van der Waals surface area contributed by atoms with E-state index >= 15 is 0 Å². The van der Waals surface area contributed by atoms with Crippen LogP contribution in [0.3, 0.4) is 0 Å². The molecule has 1 aromatic carbocycles. The number of ether oxygens (including phenoxy) is 1. The van der Waals surface area contributed by atoms with Crippen molar-refractivity contribution in [2.45, 2.75) is 26.3 Å². The highest BCUT2D eigenvalue weighted by Crippen LogP contribution is 2.23. The van der Waals surface area contributed by atoms with Gasteiger partial charge in [-0.05, 0) is 24.3 Å². The molecule has 1 atom stereocenters. The SMILES string of the molecule is CC(C)(C)C(=O)[C@H](Cl)Oc1ccc(Cl)cc1. The number of Topliss-reactive ketones (excluding diaryl/α,β-unsaturated/α-hetero) is 1. The first-order chi connectivity index (χ1) is 7.30. The molecule has 0 bridgehead atoms. The number of benzene rings is 1. The third kappa shape index (κ3) is 3.69. The first-order valence-electron chi connectivity index (χ1n) is 4.91. The van der Waals surface area contributed by atoms with Crippen molar-refractivity contribution >= 4 is 29.0 Å². The first kappa shape index (κ1) is 13.3. The monoisotopic (exact) mass is 260 g/mol. The first-order valence-corrected chi connectivity index (χ1v) is 5.73. The second-order valence-corrected chi connectivity index (χ2v) is 5.33. The van der Waals surface area contributed by atoms with Crippen LogP contribution in [0.2, 0.25) is 5.02 Å². The van der Waals surface area contributed by atoms with Crippen LogP contribution in [-0.2, 0) is 4.79 Å². The summed E-state index contributed by atoms with van der Waals surface area (Å²) in [7, 11) is 0. The highest BCUT2D eigenvalue weighted by Gasteiger charge is 2.29. The van der Waals surface area contributed by atoms with E-state index in [1.54, 1.807) is 45.0 Å². The van der Waals surface area contributed by atoms with Crippen molar-refractivity contribution in [3.63, 3.8) is 0 Å². The number of halogens is 2. The Hall–Kier alpha value is -0.730. The Morgan fingerprint density at radius 3 is 2.19 bits per heavy atom. The lowest BCUT2D eigenvalue weighted by Gasteiger charge is -2.21. The van der Waals surface area contributed by atoms with E-state index in [0.29, 0.717) is 10.8 Å². The van der Waals surface area contributed by atoms with Crippen molar-refractivity contribution < 1.29 is 9.53 Å². The van der Waals surface area contributed by atoms with Crippen LogP contribution in [-0.4, -0.2) is 11.3 Å². The molecular formula is C12H14Cl2O2. The quantitative estimate of drug-likeness (QED) is 0.771. The summed E-state index contributed by atoms with van der Waals surface area (Å²) in [6.45, 7) is 5.40. The fourth-order valence-electron chi connectivity index (χ4n) is 1.03. The van der Waals surface area contributed by atoms with Gasteiger partial charge in [0.05, 0.1) is 0 Å². The normalized spacial score (nSPS) is 13.3. The summed E-state index contributed by atoms with van der Waals surface area (Å²) < 4.78 is 5.31. The van der Waals surface area contributed by atoms with E-state index in [2.05, 4.69) is 0 Å². The number of hydrogen-bond acceptors (Lipinski definition) is 2. The molecule has 0 aliphatic carbocycles. The van der Waals surface area contributed by atoms with Crippen molar-refractivity contribution in [3.8, 4) is 5.75 Å². The molecule has 16 heavy (non-hydrogen) atoms. The predicted octanol–water partition coefficient (Wildman–Crippen LogP) is 3.90. The summed E-state index contributed by atoms with van der Waals surface area (Å²) in [6.07, 6.45) is 0. The van der Waals surface area contributed by atoms with Crippen LogP contribution in [0.25, 0.3) is 0 Å². The molecule has 2 nitrogen and oxygen atoms in total. The van der Waals surface area contributed by atoms with Gasteiger partial charge >= 0.3 is 0 Å². The number of hydrogen-bond donors (Lipinski definition) is 0. The highest BCUT2D eigenvalue weighted by molar-refractivity contribution is 6.31. The lowest BCUT2D eigenvalue weighted by molar-refractivity contribution is -0.130. The molecule has 0 aliphatic heterocycles. The molecule has 0 heterocycles. The fraction of sp³-hybridized carbons (Fsp3) is 0.417. The third-order valence-electron chi connectivity index (χ3n) is 2.00. The van der Waals surface area contributed by atoms with Crippen LogP contribution in [0, 0.1) is 5.41 Å². The summed E-state index contributed by atoms with van der Waals surface area (Å²) >= 11 is 11.6. The number of carbonyl (C=O) groups excluding carboxylic acids is 1. The van der Waals surface area contributed by atoms with Gasteiger partial charge in [-0.15, -0.1) is 0 Å². The highest BCUT2D eigenvalue weighted by atomic mass is 35.5. The molecule has 0 unspecified atom stereocenters. The van der Waals surface area contributed by atoms with Gasteiger partial charge in [-0.25, -0.2) is 0 Å². The third-order valence-corrected chi connectivity index (χ3v) is 2.54. The Kier molecular flexibility index (Phi) is 4.22. The van der Waals surface area contributed by atoms with E-state index in [0.717, 1.165) is 0 Å². The maximum atomic E-state index is 11.8. The number of ketones is 1. The molecule has 1 rings (SSSR count). The minimum absolute atomic E-state index is 0.149. The van der Waals surface area contributed by atoms with E-state index in [1.807, 2.05) is 0 Å². The van der Waals surface area contributed by atoms with E-state index in [4.69, 9.17) is 27.9 Å². The second-order valence-electron chi connectivity index (χ2n) is 4.50. The predicted molar refractivity (Wildman–Crippen MR) is 66.2 cm³/mol. The Morgan fingerprint density at radius 2 is 1.75 bits per heavy atom. The summed E-state index contributed by atoms with van der Waals surface area (Å²) in [5.41, 5.74) is -1.49. The molecule has 4 heteroatoms. The average molecular weight is 261 g/mol. The van der Waals surface area contributed by atoms with Crippen LogP contribution >= 0.6 is 23.2 Å². The topological polar surface area (TPSA) is 26.3 Å². The van der Waals surface area contributed by atoms with Gasteiger partial charge in [-0.1, -0.05) is 44.0 Å². The molecule has 88 valence electrons. The molecule has 0 radical (unpaired) electrons. The molecule has 0 saturated heterocycles. The Labute approximate surface area is 106 Å². The standard InChI is InChI=1S/C12H14Cl2O2/c1-12(2,3)10(15)11(14)16-9-6-4-8(13)5-7-9/h4-7,11H,1-3H3/t11-/m1/s1. The van der Waals surface area contributed by atoms with Crippen LogP contribution in [0.5, 0.6) is 5.75 Å². The zero-order valence-electron chi connectivity index (χ0n) is 9.46. The molecular weight excluding hydrogens is 247 g/mol. The molecule has 0 fully saturated rings. The zero-order chi connectivity index (χ0) is 12.3. The molecule has 1 aromatic rings. The summed E-state index contributed by atoms with van der Waals surface area (Å²) in [6, 6.07) is 6.71. The Bertz CT molecular complexity index is 366. The van der Waals surface area contributed by atoms with Crippen molar-refractivity contribution in [2.75, 3.05) is 0 Å². The van der Waals surface area contributed by atoms with Gasteiger partial charge in [0.25, 0.3) is 0 Å². The minimum atomic E-state index is -0.971. The van der Waals surface area contributed by atoms with E-state index in [1.165, 1.54) is 0 Å². The second kappa shape index (κ2) is 5.07. The lowest BCUT2D eigenvalue weighted by Crippen LogP contribution is -2.32. The molecule has 0 N–H and O–H groups in total. The molecule has 0 saturated carbocycles. The van der Waals surface area contributed by atoms with Gasteiger partial charge in [-0.2, -0.15) is 0 Å². The molecule has 0 aliphatic rings. The van der Waals surface area contributed by atoms with E-state index in [9.17, 15) is 4.79 Å². The number of rotatable bonds is 3. The molecule has 0 aromatic heterocycles. The number of carbonyl (C=O) groups is 1. The average Bonchev–Trinajstić information content (AvgIpc) is 2.19. The Balaban J connectivity index is 2.68. The van der Waals surface area contributed by atoms with Crippen LogP contribution in [0.15, 0.2) is 24.3 Å². The van der Waals surface area contributed by atoms with Crippen molar-refractivity contribution in [2.24, 2.45) is 5.41 Å². The van der Waals surface area contributed by atoms with Crippen LogP contribution in [0.4, 0.5) is 0 Å². The van der Waals surface area contributed by atoms with E-state index in [-0.39, 0.29) is 5.78 Å². The van der Waals surface area contributed by atoms with Crippen molar-refractivity contribution in [1.29, 1.82) is 0 Å². The maximum Gasteiger partial charge on any atom is 0.230 e. The van der Waals surface area contributed by atoms with Gasteiger partial charge in [0.1, 0.15) is 5.75 Å². The van der Waals surface area contributed by atoms with Crippen LogP contribution < -0.4 is 4.74 Å². The smallest absolute Gasteiger partial charge is 0.230 e. The Morgan fingerprint density at radius 1 is 1.25 bits per heavy atom. The summed E-state index contributed by atoms with van der Waals surface area (Å²) in [5.74, 6) is 0.381. The largest absolute Gasteiger partial charge is 0.467 e. The zero-order valence-corrected chi connectivity index (χ0v) is 11.0. The summed E-state index contributed by atoms with van der Waals surface area (Å²) in [4.78, 5) is 11.8. The maximum absolute atomic E-state index is 11.8. The van der Waals surface area contributed by atoms with Gasteiger partial charge in [0.2, 0.25) is 5.56 Å². The van der Waals surface area contributed by atoms with Crippen LogP contribution in [0.1, 0.15) is 20.8 Å². The van der Waals surface area contributed by atoms with Crippen molar-refractivity contribution in [3.05, 3.63) is 29.3 Å². The van der Waals surface area contributed by atoms with Gasteiger partial charge < -0.3 is 4.74 Å². The lowest BCUT2D eigenvalue weighted by atomic mass is 9.91. The minimum Gasteiger partial charge on any atom is -0.467 e. The van der Waals surface area contributed by atoms with Gasteiger partial charge in [-0.3, -0.25) is 4.79 Å². The van der Waals surface area contributed by atoms with Gasteiger partial charge in [0.15, 0.2) is 5.78 Å². The molecule has 0 amide bonds. The van der Waals surface area contributed by atoms with Crippen molar-refractivity contribution in [1.82, 2.24) is 0 Å². The number of alkyl halides is 1. The fourth-order valence-corrected chi connectivity index (χ4v) is 1.58. The molecule has 0 spiro atoms.